The molecule has 0 bridgehead atoms. The van der Waals surface area contributed by atoms with Gasteiger partial charge < -0.3 is 9.64 Å². The molecule has 2 saturated heterocycles. The average molecular weight is 289 g/mol. The minimum Gasteiger partial charge on any atom is -0.497 e. The van der Waals surface area contributed by atoms with Crippen molar-refractivity contribution in [3.63, 3.8) is 0 Å². The van der Waals surface area contributed by atoms with E-state index in [2.05, 4.69) is 10.6 Å². The van der Waals surface area contributed by atoms with Gasteiger partial charge in [-0.3, -0.25) is 15.4 Å². The zero-order valence-corrected chi connectivity index (χ0v) is 12.1. The number of fused-ring (bicyclic) bond motifs is 1. The van der Waals surface area contributed by atoms with Crippen molar-refractivity contribution < 1.29 is 14.3 Å². The van der Waals surface area contributed by atoms with E-state index in [9.17, 15) is 9.59 Å². The van der Waals surface area contributed by atoms with Crippen LogP contribution in [0.3, 0.4) is 0 Å². The fourth-order valence-corrected chi connectivity index (χ4v) is 3.25. The number of nitrogens with zero attached hydrogens (tertiary/aromatic N) is 1. The lowest BCUT2D eigenvalue weighted by molar-refractivity contribution is -0.130. The Balaban J connectivity index is 1.90. The molecule has 1 aromatic rings. The zero-order chi connectivity index (χ0) is 15.0. The Bertz CT molecular complexity index is 558. The molecule has 0 saturated carbocycles. The molecule has 2 aliphatic heterocycles. The summed E-state index contributed by atoms with van der Waals surface area (Å²) in [6.07, 6.45) is 0.621. The van der Waals surface area contributed by atoms with Gasteiger partial charge in [-0.1, -0.05) is 12.1 Å². The monoisotopic (exact) mass is 289 g/mol. The lowest BCUT2D eigenvalue weighted by Crippen LogP contribution is -2.66. The van der Waals surface area contributed by atoms with Gasteiger partial charge in [-0.25, -0.2) is 4.79 Å². The van der Waals surface area contributed by atoms with E-state index in [4.69, 9.17) is 4.74 Å². The van der Waals surface area contributed by atoms with Crippen LogP contribution in [-0.2, 0) is 4.79 Å². The number of nitrogens with one attached hydrogen (secondary N) is 2. The molecule has 21 heavy (non-hydrogen) atoms. The van der Waals surface area contributed by atoms with E-state index in [0.717, 1.165) is 24.3 Å². The maximum atomic E-state index is 12.3. The van der Waals surface area contributed by atoms with E-state index in [1.165, 1.54) is 0 Å². The third kappa shape index (κ3) is 2.35. The molecule has 0 spiro atoms. The van der Waals surface area contributed by atoms with Crippen LogP contribution in [-0.4, -0.2) is 43.7 Å². The minimum absolute atomic E-state index is 0.0951. The molecule has 6 heteroatoms. The largest absolute Gasteiger partial charge is 0.497 e. The topological polar surface area (TPSA) is 70.7 Å². The first kappa shape index (κ1) is 13.9. The van der Waals surface area contributed by atoms with Gasteiger partial charge in [0, 0.05) is 13.0 Å². The zero-order valence-electron chi connectivity index (χ0n) is 12.1. The third-order valence-corrected chi connectivity index (χ3v) is 4.40. The first-order valence-electron chi connectivity index (χ1n) is 7.07. The summed E-state index contributed by atoms with van der Waals surface area (Å²) in [7, 11) is 3.34. The van der Waals surface area contributed by atoms with Crippen molar-refractivity contribution in [2.24, 2.45) is 5.92 Å². The van der Waals surface area contributed by atoms with Crippen molar-refractivity contribution in [2.45, 2.75) is 18.5 Å². The molecular weight excluding hydrogens is 270 g/mol. The number of imide groups is 1. The van der Waals surface area contributed by atoms with Crippen molar-refractivity contribution in [3.05, 3.63) is 29.8 Å². The molecule has 3 rings (SSSR count). The molecule has 6 nitrogen and oxygen atoms in total. The standard InChI is InChI=1S/C15H19N3O3/c1-18-13-12(14(19)17-15(18)20)11(7-8-16-13)9-3-5-10(21-2)6-4-9/h3-6,11-13,16H,7-8H2,1-2H3,(H,17,19,20). The summed E-state index contributed by atoms with van der Waals surface area (Å²) in [5.41, 5.74) is 1.10. The van der Waals surface area contributed by atoms with Crippen LogP contribution in [0, 0.1) is 5.92 Å². The fraction of sp³-hybridized carbons (Fsp3) is 0.467. The molecule has 2 fully saturated rings. The SMILES string of the molecule is COc1ccc(C2CCNC3C2C(=O)NC(=O)N3C)cc1. The van der Waals surface area contributed by atoms with Crippen molar-refractivity contribution in [3.8, 4) is 5.75 Å². The van der Waals surface area contributed by atoms with Gasteiger partial charge in [0.25, 0.3) is 0 Å². The number of methoxy groups -OCH3 is 1. The maximum absolute atomic E-state index is 12.3. The molecular formula is C15H19N3O3. The maximum Gasteiger partial charge on any atom is 0.325 e. The summed E-state index contributed by atoms with van der Waals surface area (Å²) < 4.78 is 5.17. The highest BCUT2D eigenvalue weighted by Gasteiger charge is 2.46. The van der Waals surface area contributed by atoms with Gasteiger partial charge in [0.2, 0.25) is 5.91 Å². The molecule has 1 aromatic carbocycles. The first-order chi connectivity index (χ1) is 10.1. The van der Waals surface area contributed by atoms with Gasteiger partial charge in [0.1, 0.15) is 5.75 Å². The van der Waals surface area contributed by atoms with Gasteiger partial charge in [-0.05, 0) is 30.7 Å². The summed E-state index contributed by atoms with van der Waals surface area (Å²) in [6, 6.07) is 7.46. The number of hydrogen-bond acceptors (Lipinski definition) is 4. The lowest BCUT2D eigenvalue weighted by Gasteiger charge is -2.45. The van der Waals surface area contributed by atoms with Gasteiger partial charge in [0.05, 0.1) is 19.2 Å². The fourth-order valence-electron chi connectivity index (χ4n) is 3.25. The molecule has 0 aromatic heterocycles. The first-order valence-corrected chi connectivity index (χ1v) is 7.07. The number of hydrogen-bond donors (Lipinski definition) is 2. The number of amides is 3. The average Bonchev–Trinajstić information content (AvgIpc) is 2.52. The Kier molecular flexibility index (Phi) is 3.55. The van der Waals surface area contributed by atoms with Crippen LogP contribution >= 0.6 is 0 Å². The predicted octanol–water partition coefficient (Wildman–Crippen LogP) is 0.896. The Hall–Kier alpha value is -2.08. The van der Waals surface area contributed by atoms with Crippen molar-refractivity contribution in [2.75, 3.05) is 20.7 Å². The Morgan fingerprint density at radius 1 is 1.24 bits per heavy atom. The second-order valence-corrected chi connectivity index (χ2v) is 5.50. The molecule has 2 heterocycles. The number of ether oxygens (including phenoxy) is 1. The highest BCUT2D eigenvalue weighted by atomic mass is 16.5. The minimum atomic E-state index is -0.343. The Labute approximate surface area is 123 Å². The smallest absolute Gasteiger partial charge is 0.325 e. The molecule has 3 amide bonds. The molecule has 3 atom stereocenters. The predicted molar refractivity (Wildman–Crippen MR) is 76.9 cm³/mol. The van der Waals surface area contributed by atoms with Gasteiger partial charge >= 0.3 is 6.03 Å². The van der Waals surface area contributed by atoms with Crippen molar-refractivity contribution >= 4 is 11.9 Å². The number of carbonyl (C=O) groups excluding carboxylic acids is 2. The van der Waals surface area contributed by atoms with Gasteiger partial charge in [-0.15, -0.1) is 0 Å². The van der Waals surface area contributed by atoms with E-state index in [1.54, 1.807) is 19.1 Å². The van der Waals surface area contributed by atoms with Gasteiger partial charge in [0.15, 0.2) is 0 Å². The number of carbonyl (C=O) groups is 2. The van der Waals surface area contributed by atoms with E-state index in [-0.39, 0.29) is 29.9 Å². The summed E-state index contributed by atoms with van der Waals surface area (Å²) in [6.45, 7) is 0.781. The van der Waals surface area contributed by atoms with E-state index < -0.39 is 0 Å². The Morgan fingerprint density at radius 2 is 1.95 bits per heavy atom. The number of benzene rings is 1. The summed E-state index contributed by atoms with van der Waals surface area (Å²) >= 11 is 0. The summed E-state index contributed by atoms with van der Waals surface area (Å²) in [5, 5.41) is 5.71. The van der Waals surface area contributed by atoms with Crippen LogP contribution in [0.15, 0.2) is 24.3 Å². The second-order valence-electron chi connectivity index (χ2n) is 5.50. The van der Waals surface area contributed by atoms with Crippen molar-refractivity contribution in [1.29, 1.82) is 0 Å². The van der Waals surface area contributed by atoms with E-state index >= 15 is 0 Å². The third-order valence-electron chi connectivity index (χ3n) is 4.40. The molecule has 2 N–H and O–H groups in total. The molecule has 2 aliphatic rings. The number of piperidine rings is 1. The van der Waals surface area contributed by atoms with Crippen LogP contribution in [0.2, 0.25) is 0 Å². The van der Waals surface area contributed by atoms with Crippen LogP contribution in [0.4, 0.5) is 4.79 Å². The molecule has 112 valence electrons. The normalized spacial score (nSPS) is 28.9. The van der Waals surface area contributed by atoms with E-state index in [0.29, 0.717) is 0 Å². The number of rotatable bonds is 2. The summed E-state index contributed by atoms with van der Waals surface area (Å²) in [4.78, 5) is 25.6. The highest BCUT2D eigenvalue weighted by molar-refractivity contribution is 5.99. The number of urea groups is 1. The van der Waals surface area contributed by atoms with Crippen LogP contribution in [0.25, 0.3) is 0 Å². The van der Waals surface area contributed by atoms with Gasteiger partial charge in [-0.2, -0.15) is 0 Å². The van der Waals surface area contributed by atoms with Crippen LogP contribution in [0.5, 0.6) is 5.75 Å². The second kappa shape index (κ2) is 5.37. The quantitative estimate of drug-likeness (QED) is 0.848. The van der Waals surface area contributed by atoms with Crippen LogP contribution in [0.1, 0.15) is 17.9 Å². The Morgan fingerprint density at radius 3 is 2.62 bits per heavy atom. The highest BCUT2D eigenvalue weighted by Crippen LogP contribution is 2.36. The molecule has 3 unspecified atom stereocenters. The molecule has 0 radical (unpaired) electrons. The molecule has 0 aliphatic carbocycles. The lowest BCUT2D eigenvalue weighted by atomic mass is 9.77. The van der Waals surface area contributed by atoms with E-state index in [1.807, 2.05) is 24.3 Å². The van der Waals surface area contributed by atoms with Crippen molar-refractivity contribution in [1.82, 2.24) is 15.5 Å². The van der Waals surface area contributed by atoms with Crippen LogP contribution < -0.4 is 15.4 Å². The summed E-state index contributed by atoms with van der Waals surface area (Å²) in [5.74, 6) is 0.424.